The summed E-state index contributed by atoms with van der Waals surface area (Å²) in [5.41, 5.74) is 0. The van der Waals surface area contributed by atoms with Crippen LogP contribution in [0.2, 0.25) is 0 Å². The van der Waals surface area contributed by atoms with E-state index in [9.17, 15) is 0 Å². The number of alkyl halides is 6. The molecule has 1 rings (SSSR count). The monoisotopic (exact) mass is 608 g/mol. The third-order valence-corrected chi connectivity index (χ3v) is 13.8. The van der Waals surface area contributed by atoms with Gasteiger partial charge in [-0.3, -0.25) is 0 Å². The molecule has 0 aliphatic heterocycles. The lowest BCUT2D eigenvalue weighted by molar-refractivity contribution is 0.501. The topological polar surface area (TPSA) is 0 Å². The van der Waals surface area contributed by atoms with Crippen LogP contribution in [0.3, 0.4) is 0 Å². The molecule has 0 heterocycles. The molecular weight excluding hydrogens is 600 g/mol. The molecule has 0 amide bonds. The highest BCUT2D eigenvalue weighted by Crippen LogP contribution is 2.63. The first-order valence-electron chi connectivity index (χ1n) is 5.34. The fourth-order valence-electron chi connectivity index (χ4n) is 1.81. The molecule has 16 heavy (non-hydrogen) atoms. The van der Waals surface area contributed by atoms with Gasteiger partial charge in [0, 0.05) is 0 Å². The van der Waals surface area contributed by atoms with E-state index in [1.165, 1.54) is 32.1 Å². The summed E-state index contributed by atoms with van der Waals surface area (Å²) in [7, 11) is 0. The van der Waals surface area contributed by atoms with Gasteiger partial charge in [0.2, 0.25) is 0 Å². The van der Waals surface area contributed by atoms with E-state index in [1.54, 1.807) is 0 Å². The summed E-state index contributed by atoms with van der Waals surface area (Å²) in [6.45, 7) is 0. The average Bonchev–Trinajstić information content (AvgIpc) is 2.14. The van der Waals surface area contributed by atoms with Crippen molar-refractivity contribution in [1.29, 1.82) is 0 Å². The van der Waals surface area contributed by atoms with Gasteiger partial charge in [0.1, 0.15) is 9.70 Å². The molecular formula is C10H14Br6. The zero-order valence-electron chi connectivity index (χ0n) is 8.72. The Morgan fingerprint density at radius 2 is 0.812 bits per heavy atom. The number of hydrogen-bond acceptors (Lipinski definition) is 0. The van der Waals surface area contributed by atoms with Gasteiger partial charge in [0.25, 0.3) is 0 Å². The zero-order chi connectivity index (χ0) is 12.4. The largest absolute Gasteiger partial charge is 0.130 e. The van der Waals surface area contributed by atoms with Gasteiger partial charge in [0.15, 0.2) is 0 Å². The van der Waals surface area contributed by atoms with Crippen LogP contribution in [-0.4, -0.2) is 9.70 Å². The molecule has 0 unspecified atom stereocenters. The van der Waals surface area contributed by atoms with Crippen molar-refractivity contribution in [2.75, 3.05) is 0 Å². The van der Waals surface area contributed by atoms with Crippen LogP contribution in [0.25, 0.3) is 0 Å². The lowest BCUT2D eigenvalue weighted by Crippen LogP contribution is -2.47. The third-order valence-electron chi connectivity index (χ3n) is 2.90. The molecule has 1 fully saturated rings. The van der Waals surface area contributed by atoms with Crippen molar-refractivity contribution in [2.45, 2.75) is 54.6 Å². The number of halogens is 6. The lowest BCUT2D eigenvalue weighted by atomic mass is 10.0. The maximum atomic E-state index is 3.81. The van der Waals surface area contributed by atoms with Crippen LogP contribution >= 0.6 is 95.6 Å². The van der Waals surface area contributed by atoms with Crippen LogP contribution in [-0.2, 0) is 0 Å². The van der Waals surface area contributed by atoms with Crippen molar-refractivity contribution in [3.63, 3.8) is 0 Å². The predicted octanol–water partition coefficient (Wildman–Crippen LogP) is 7.19. The molecule has 0 aromatic rings. The summed E-state index contributed by atoms with van der Waals surface area (Å²) in [6, 6.07) is 0. The van der Waals surface area contributed by atoms with Gasteiger partial charge < -0.3 is 0 Å². The minimum Gasteiger partial charge on any atom is -0.0701 e. The van der Waals surface area contributed by atoms with E-state index in [2.05, 4.69) is 95.6 Å². The Kier molecular flexibility index (Phi) is 6.94. The minimum atomic E-state index is -0.280. The molecule has 0 saturated heterocycles. The van der Waals surface area contributed by atoms with Crippen molar-refractivity contribution in [2.24, 2.45) is 0 Å². The molecule has 0 radical (unpaired) electrons. The minimum absolute atomic E-state index is 0.169. The van der Waals surface area contributed by atoms with Gasteiger partial charge >= 0.3 is 0 Å². The summed E-state index contributed by atoms with van der Waals surface area (Å²) < 4.78 is -0.619. The molecule has 0 spiro atoms. The fraction of sp³-hybridized carbons (Fsp3) is 1.00. The van der Waals surface area contributed by atoms with Crippen LogP contribution < -0.4 is 0 Å². The maximum Gasteiger partial charge on any atom is 0.130 e. The van der Waals surface area contributed by atoms with E-state index in [0.29, 0.717) is 0 Å². The van der Waals surface area contributed by atoms with Gasteiger partial charge in [-0.25, -0.2) is 0 Å². The highest BCUT2D eigenvalue weighted by Gasteiger charge is 2.56. The fourth-order valence-corrected chi connectivity index (χ4v) is 6.14. The molecule has 1 aliphatic carbocycles. The number of rotatable bonds is 0. The molecule has 1 aliphatic rings. The van der Waals surface area contributed by atoms with Gasteiger partial charge in [-0.2, -0.15) is 0 Å². The number of hydrogen-bond donors (Lipinski definition) is 0. The van der Waals surface area contributed by atoms with E-state index in [4.69, 9.17) is 0 Å². The molecule has 0 atom stereocenters. The Morgan fingerprint density at radius 3 is 1.19 bits per heavy atom. The third kappa shape index (κ3) is 3.94. The molecule has 0 nitrogen and oxygen atoms in total. The van der Waals surface area contributed by atoms with Gasteiger partial charge in [-0.15, -0.1) is 0 Å². The van der Waals surface area contributed by atoms with E-state index in [0.717, 1.165) is 12.8 Å². The van der Waals surface area contributed by atoms with Gasteiger partial charge in [-0.05, 0) is 12.8 Å². The first-order valence-corrected chi connectivity index (χ1v) is 10.1. The second kappa shape index (κ2) is 6.55. The van der Waals surface area contributed by atoms with Gasteiger partial charge in [-0.1, -0.05) is 128 Å². The first-order chi connectivity index (χ1) is 7.21. The highest BCUT2D eigenvalue weighted by atomic mass is 79.9. The normalized spacial score (nSPS) is 29.6. The lowest BCUT2D eigenvalue weighted by Gasteiger charge is -2.44. The molecule has 0 bridgehead atoms. The molecule has 96 valence electrons. The Bertz CT molecular complexity index is 213. The predicted molar refractivity (Wildman–Crippen MR) is 94.1 cm³/mol. The maximum absolute atomic E-state index is 3.81. The molecule has 0 N–H and O–H groups in total. The van der Waals surface area contributed by atoms with Crippen LogP contribution in [0.1, 0.15) is 44.9 Å². The van der Waals surface area contributed by atoms with E-state index in [1.807, 2.05) is 0 Å². The Morgan fingerprint density at radius 1 is 0.500 bits per heavy atom. The SMILES string of the molecule is BrC1(Br)CCCCCCCC(Br)(Br)C1(Br)Br. The summed E-state index contributed by atoms with van der Waals surface area (Å²) in [4.78, 5) is 0. The van der Waals surface area contributed by atoms with Crippen molar-refractivity contribution < 1.29 is 0 Å². The van der Waals surface area contributed by atoms with Crippen LogP contribution in [0, 0.1) is 0 Å². The molecule has 1 saturated carbocycles. The molecule has 6 heteroatoms. The smallest absolute Gasteiger partial charge is 0.0701 e. The van der Waals surface area contributed by atoms with Crippen molar-refractivity contribution in [1.82, 2.24) is 0 Å². The van der Waals surface area contributed by atoms with Crippen molar-refractivity contribution >= 4 is 95.6 Å². The summed E-state index contributed by atoms with van der Waals surface area (Å²) >= 11 is 22.8. The van der Waals surface area contributed by atoms with Crippen LogP contribution in [0.4, 0.5) is 0 Å². The van der Waals surface area contributed by atoms with Gasteiger partial charge in [0.05, 0.1) is 0 Å². The highest BCUT2D eigenvalue weighted by molar-refractivity contribution is 9.33. The van der Waals surface area contributed by atoms with Crippen molar-refractivity contribution in [3.8, 4) is 0 Å². The Balaban J connectivity index is 2.91. The second-order valence-electron chi connectivity index (χ2n) is 4.25. The Hall–Kier alpha value is 2.88. The summed E-state index contributed by atoms with van der Waals surface area (Å²) in [6.07, 6.45) is 8.56. The van der Waals surface area contributed by atoms with E-state index < -0.39 is 0 Å². The standard InChI is InChI=1S/C10H14Br6/c11-8(12)6-4-2-1-3-5-7-9(13,14)10(8,15)16/h1-7H2. The van der Waals surface area contributed by atoms with Crippen LogP contribution in [0.15, 0.2) is 0 Å². The van der Waals surface area contributed by atoms with E-state index >= 15 is 0 Å². The molecule has 0 aromatic heterocycles. The van der Waals surface area contributed by atoms with Crippen molar-refractivity contribution in [3.05, 3.63) is 0 Å². The molecule has 0 aromatic carbocycles. The van der Waals surface area contributed by atoms with E-state index in [-0.39, 0.29) is 9.70 Å². The summed E-state index contributed by atoms with van der Waals surface area (Å²) in [5, 5.41) is 0. The Labute approximate surface area is 148 Å². The first kappa shape index (κ1) is 16.9. The quantitative estimate of drug-likeness (QED) is 0.254. The second-order valence-corrected chi connectivity index (χ2v) is 15.2. The van der Waals surface area contributed by atoms with Crippen LogP contribution in [0.5, 0.6) is 0 Å². The summed E-state index contributed by atoms with van der Waals surface area (Å²) in [5.74, 6) is 0. The zero-order valence-corrected chi connectivity index (χ0v) is 18.2. The average molecular weight is 614 g/mol.